The average Bonchev–Trinajstić information content (AvgIpc) is 2.89. The molecule has 8 nitrogen and oxygen atoms in total. The van der Waals surface area contributed by atoms with Crippen LogP contribution in [0.2, 0.25) is 0 Å². The molecule has 0 unspecified atom stereocenters. The summed E-state index contributed by atoms with van der Waals surface area (Å²) >= 11 is 0. The molecular formula is C28H23F3N3O5+. The number of aryl methyl sites for hydroxylation is 3. The number of aromatic amines is 1. The number of hydrogen-bond acceptors (Lipinski definition) is 5. The van der Waals surface area contributed by atoms with E-state index in [9.17, 15) is 32.7 Å². The largest absolute Gasteiger partial charge is 0.494 e. The molecule has 0 radical (unpaired) electrons. The Morgan fingerprint density at radius 2 is 1.85 bits per heavy atom. The van der Waals surface area contributed by atoms with Crippen molar-refractivity contribution in [3.8, 4) is 11.6 Å². The molecule has 2 aromatic carbocycles. The number of aromatic hydroxyl groups is 1. The first-order valence-electron chi connectivity index (χ1n) is 12.5. The number of alkyl halides is 3. The molecule has 0 fully saturated rings. The van der Waals surface area contributed by atoms with Gasteiger partial charge in [0.05, 0.1) is 22.0 Å². The van der Waals surface area contributed by atoms with Crippen molar-refractivity contribution in [1.82, 2.24) is 14.1 Å². The number of nitrogens with zero attached hydrogens (tertiary/aromatic N) is 2. The first-order valence-corrected chi connectivity index (χ1v) is 12.5. The number of rotatable bonds is 2. The van der Waals surface area contributed by atoms with E-state index in [0.29, 0.717) is 27.2 Å². The highest BCUT2D eigenvalue weighted by molar-refractivity contribution is 5.84. The van der Waals surface area contributed by atoms with E-state index < -0.39 is 40.1 Å². The minimum absolute atomic E-state index is 0.00633. The van der Waals surface area contributed by atoms with Crippen LogP contribution in [0.25, 0.3) is 22.7 Å². The highest BCUT2D eigenvalue weighted by Gasteiger charge is 2.31. The zero-order valence-electron chi connectivity index (χ0n) is 20.8. The third-order valence-electron chi connectivity index (χ3n) is 7.54. The minimum atomic E-state index is -4.69. The second-order valence-electron chi connectivity index (χ2n) is 9.89. The molecule has 0 saturated carbocycles. The zero-order valence-corrected chi connectivity index (χ0v) is 20.8. The number of aromatic nitrogens is 2. The molecule has 4 aromatic rings. The molecule has 6 rings (SSSR count). The highest BCUT2D eigenvalue weighted by Crippen LogP contribution is 2.31. The lowest BCUT2D eigenvalue weighted by molar-refractivity contribution is -0.137. The lowest BCUT2D eigenvalue weighted by Gasteiger charge is -2.19. The van der Waals surface area contributed by atoms with Crippen molar-refractivity contribution in [2.45, 2.75) is 38.8 Å². The summed E-state index contributed by atoms with van der Waals surface area (Å²) in [6.07, 6.45) is 0.00709. The van der Waals surface area contributed by atoms with Crippen LogP contribution in [-0.2, 0) is 19.0 Å². The van der Waals surface area contributed by atoms with Crippen molar-refractivity contribution in [3.05, 3.63) is 100.0 Å². The SMILES string of the molecule is Cc1c(=Cc2c(O)n(-c3cccc(C(F)(F)F)c3)c(=O)[nH]c2=O)c(=O)oc2c3c4c(cc12)CCC[N+]=4CCC3. The van der Waals surface area contributed by atoms with E-state index in [4.69, 9.17) is 4.42 Å². The molecule has 0 bridgehead atoms. The van der Waals surface area contributed by atoms with Crippen LogP contribution >= 0.6 is 0 Å². The third-order valence-corrected chi connectivity index (χ3v) is 7.54. The van der Waals surface area contributed by atoms with Gasteiger partial charge in [-0.25, -0.2) is 18.7 Å². The molecule has 200 valence electrons. The Kier molecular flexibility index (Phi) is 5.63. The van der Waals surface area contributed by atoms with Crippen molar-refractivity contribution < 1.29 is 22.7 Å². The lowest BCUT2D eigenvalue weighted by Crippen LogP contribution is -2.43. The number of hydrogen-bond donors (Lipinski definition) is 2. The minimum Gasteiger partial charge on any atom is -0.494 e. The van der Waals surface area contributed by atoms with Crippen molar-refractivity contribution in [2.24, 2.45) is 0 Å². The van der Waals surface area contributed by atoms with Crippen LogP contribution in [0.1, 0.15) is 40.7 Å². The van der Waals surface area contributed by atoms with E-state index in [1.54, 1.807) is 6.92 Å². The summed E-state index contributed by atoms with van der Waals surface area (Å²) in [5.41, 5.74) is -1.53. The Hall–Kier alpha value is -4.41. The average molecular weight is 539 g/mol. The maximum absolute atomic E-state index is 13.3. The summed E-state index contributed by atoms with van der Waals surface area (Å²) in [6.45, 7) is 3.61. The van der Waals surface area contributed by atoms with E-state index in [2.05, 4.69) is 4.58 Å². The van der Waals surface area contributed by atoms with Crippen molar-refractivity contribution in [2.75, 3.05) is 13.1 Å². The van der Waals surface area contributed by atoms with Crippen LogP contribution in [0.3, 0.4) is 0 Å². The van der Waals surface area contributed by atoms with Crippen molar-refractivity contribution >= 4 is 17.0 Å². The van der Waals surface area contributed by atoms with E-state index in [-0.39, 0.29) is 10.9 Å². The van der Waals surface area contributed by atoms with Crippen molar-refractivity contribution in [1.29, 1.82) is 0 Å². The molecule has 39 heavy (non-hydrogen) atoms. The second-order valence-corrected chi connectivity index (χ2v) is 9.89. The van der Waals surface area contributed by atoms with Crippen LogP contribution in [0, 0.1) is 6.92 Å². The number of fused-ring (bicyclic) bond motifs is 2. The predicted molar refractivity (Wildman–Crippen MR) is 137 cm³/mol. The highest BCUT2D eigenvalue weighted by atomic mass is 19.4. The van der Waals surface area contributed by atoms with Gasteiger partial charge >= 0.3 is 17.5 Å². The molecule has 4 heterocycles. The van der Waals surface area contributed by atoms with Crippen molar-refractivity contribution in [3.63, 3.8) is 0 Å². The number of nitrogens with one attached hydrogen (secondary N) is 1. The Bertz CT molecular complexity index is 2000. The van der Waals surface area contributed by atoms with Crippen LogP contribution in [0.4, 0.5) is 13.2 Å². The fourth-order valence-corrected chi connectivity index (χ4v) is 5.71. The molecule has 2 aliphatic heterocycles. The summed E-state index contributed by atoms with van der Waals surface area (Å²) < 4.78 is 48.4. The Morgan fingerprint density at radius 1 is 1.10 bits per heavy atom. The molecule has 0 spiro atoms. The van der Waals surface area contributed by atoms with Gasteiger partial charge in [-0.05, 0) is 55.7 Å². The van der Waals surface area contributed by atoms with E-state index in [1.165, 1.54) is 6.07 Å². The molecule has 0 saturated heterocycles. The molecule has 11 heteroatoms. The van der Waals surface area contributed by atoms with Crippen LogP contribution < -0.4 is 32.0 Å². The van der Waals surface area contributed by atoms with Crippen LogP contribution in [0.5, 0.6) is 5.88 Å². The van der Waals surface area contributed by atoms with E-state index in [0.717, 1.165) is 73.5 Å². The second kappa shape index (κ2) is 8.82. The lowest BCUT2D eigenvalue weighted by atomic mass is 9.92. The van der Waals surface area contributed by atoms with Gasteiger partial charge in [0, 0.05) is 23.8 Å². The van der Waals surface area contributed by atoms with Crippen LogP contribution in [-0.4, -0.2) is 27.7 Å². The summed E-state index contributed by atoms with van der Waals surface area (Å²) in [7, 11) is 0. The fraction of sp³-hybridized carbons (Fsp3) is 0.286. The van der Waals surface area contributed by atoms with Gasteiger partial charge in [0.25, 0.3) is 5.56 Å². The Morgan fingerprint density at radius 3 is 2.59 bits per heavy atom. The van der Waals surface area contributed by atoms with Gasteiger partial charge in [0.1, 0.15) is 24.2 Å². The number of halogens is 3. The summed E-state index contributed by atoms with van der Waals surface area (Å²) in [5, 5.41) is 12.8. The van der Waals surface area contributed by atoms with Gasteiger partial charge in [-0.1, -0.05) is 6.07 Å². The molecular weight excluding hydrogens is 515 g/mol. The van der Waals surface area contributed by atoms with E-state index in [1.807, 2.05) is 11.1 Å². The van der Waals surface area contributed by atoms with Gasteiger partial charge in [-0.15, -0.1) is 0 Å². The molecule has 0 aliphatic carbocycles. The Balaban J connectivity index is 1.61. The van der Waals surface area contributed by atoms with Gasteiger partial charge in [0.15, 0.2) is 0 Å². The normalized spacial score (nSPS) is 15.6. The van der Waals surface area contributed by atoms with Gasteiger partial charge in [-0.3, -0.25) is 9.78 Å². The first kappa shape index (κ1) is 24.9. The summed E-state index contributed by atoms with van der Waals surface area (Å²) in [4.78, 5) is 40.5. The molecule has 2 aliphatic rings. The Labute approximate surface area is 217 Å². The standard InChI is InChI=1S/C28H22F3N3O5/c1-14-19-11-15-5-3-9-33-10-4-8-18(22(15)33)23(19)39-26(37)20(14)13-21-24(35)32-27(38)34(25(21)36)17-7-2-6-16(12-17)28(29,30)31/h2,6-7,11-13H,3-5,8-10H2,1H3,(H,32,35,38)/p+1. The number of H-pyrrole nitrogens is 1. The summed E-state index contributed by atoms with van der Waals surface area (Å²) in [6, 6.07) is 5.76. The zero-order chi connectivity index (χ0) is 27.6. The molecule has 0 atom stereocenters. The molecule has 2 aromatic heterocycles. The van der Waals surface area contributed by atoms with Crippen LogP contribution in [0.15, 0.2) is 49.1 Å². The third kappa shape index (κ3) is 4.00. The summed E-state index contributed by atoms with van der Waals surface area (Å²) in [5.74, 6) is -0.904. The predicted octanol–water partition coefficient (Wildman–Crippen LogP) is 1.88. The number of benzene rings is 2. The van der Waals surface area contributed by atoms with E-state index >= 15 is 0 Å². The van der Waals surface area contributed by atoms with Gasteiger partial charge in [-0.2, -0.15) is 13.2 Å². The first-order chi connectivity index (χ1) is 18.5. The monoisotopic (exact) mass is 538 g/mol. The molecule has 2 N–H and O–H groups in total. The quantitative estimate of drug-likeness (QED) is 0.299. The maximum atomic E-state index is 13.3. The molecule has 0 amide bonds. The fourth-order valence-electron chi connectivity index (χ4n) is 5.71. The maximum Gasteiger partial charge on any atom is 0.416 e. The smallest absolute Gasteiger partial charge is 0.416 e. The topological polar surface area (TPSA) is 108 Å². The van der Waals surface area contributed by atoms with Gasteiger partial charge in [0.2, 0.25) is 11.2 Å². The van der Waals surface area contributed by atoms with Gasteiger partial charge < -0.3 is 9.52 Å².